The van der Waals surface area contributed by atoms with E-state index in [-0.39, 0.29) is 23.8 Å². The number of fused-ring (bicyclic) bond motifs is 1. The van der Waals surface area contributed by atoms with Crippen molar-refractivity contribution in [2.24, 2.45) is 5.92 Å². The number of ether oxygens (including phenoxy) is 1. The van der Waals surface area contributed by atoms with Gasteiger partial charge in [-0.05, 0) is 52.9 Å². The van der Waals surface area contributed by atoms with Crippen LogP contribution in [0.3, 0.4) is 0 Å². The number of likely N-dealkylation sites (tertiary alicyclic amines) is 1. The maximum absolute atomic E-state index is 12.5. The summed E-state index contributed by atoms with van der Waals surface area (Å²) in [7, 11) is 0. The number of nitrogens with one attached hydrogen (secondary N) is 1. The van der Waals surface area contributed by atoms with Gasteiger partial charge in [-0.3, -0.25) is 9.59 Å². The molecule has 3 heterocycles. The predicted octanol–water partition coefficient (Wildman–Crippen LogP) is 3.75. The smallest absolute Gasteiger partial charge is 0.223 e. The molecule has 2 aliphatic rings. The van der Waals surface area contributed by atoms with Crippen molar-refractivity contribution in [1.82, 2.24) is 10.2 Å². The molecule has 1 fully saturated rings. The summed E-state index contributed by atoms with van der Waals surface area (Å²) in [5.41, 5.74) is 3.33. The number of halogens is 1. The summed E-state index contributed by atoms with van der Waals surface area (Å²) in [6.07, 6.45) is 2.06. The van der Waals surface area contributed by atoms with Gasteiger partial charge in [0, 0.05) is 37.9 Å². The molecule has 4 rings (SSSR count). The number of carbonyl (C=O) groups is 2. The second-order valence-electron chi connectivity index (χ2n) is 7.43. The highest BCUT2D eigenvalue weighted by Gasteiger charge is 2.29. The lowest BCUT2D eigenvalue weighted by atomic mass is 9.96. The number of rotatable bonds is 4. The van der Waals surface area contributed by atoms with Gasteiger partial charge in [0.15, 0.2) is 0 Å². The summed E-state index contributed by atoms with van der Waals surface area (Å²) in [4.78, 5) is 25.7. The number of hydrogen-bond donors (Lipinski definition) is 1. The Bertz CT molecular complexity index is 876. The normalized spacial score (nSPS) is 19.2. The first-order valence-electron chi connectivity index (χ1n) is 9.56. The minimum absolute atomic E-state index is 0.0341. The average Bonchev–Trinajstić information content (AvgIpc) is 3.36. The van der Waals surface area contributed by atoms with Crippen LogP contribution in [0, 0.1) is 5.92 Å². The largest absolute Gasteiger partial charge is 0.486 e. The van der Waals surface area contributed by atoms with E-state index in [0.717, 1.165) is 28.9 Å². The Balaban J connectivity index is 1.32. The molecule has 0 aliphatic carbocycles. The summed E-state index contributed by atoms with van der Waals surface area (Å²) in [6, 6.07) is 6.14. The highest BCUT2D eigenvalue weighted by atomic mass is 35.5. The van der Waals surface area contributed by atoms with Crippen LogP contribution < -0.4 is 10.1 Å². The van der Waals surface area contributed by atoms with Gasteiger partial charge in [-0.15, -0.1) is 0 Å². The number of benzene rings is 1. The second kappa shape index (κ2) is 8.13. The van der Waals surface area contributed by atoms with Crippen LogP contribution >= 0.6 is 22.9 Å². The molecule has 1 N–H and O–H groups in total. The first-order valence-corrected chi connectivity index (χ1v) is 10.9. The molecule has 28 heavy (non-hydrogen) atoms. The van der Waals surface area contributed by atoms with Gasteiger partial charge in [0.1, 0.15) is 11.9 Å². The molecule has 1 atom stereocenters. The number of thiophene rings is 1. The summed E-state index contributed by atoms with van der Waals surface area (Å²) in [5.74, 6) is 0.824. The van der Waals surface area contributed by atoms with Gasteiger partial charge in [-0.25, -0.2) is 0 Å². The van der Waals surface area contributed by atoms with E-state index in [9.17, 15) is 9.59 Å². The zero-order valence-electron chi connectivity index (χ0n) is 15.7. The zero-order chi connectivity index (χ0) is 19.7. The molecule has 0 bridgehead atoms. The maximum Gasteiger partial charge on any atom is 0.223 e. The Hall–Kier alpha value is -2.05. The molecule has 1 saturated heterocycles. The first kappa shape index (κ1) is 19.3. The lowest BCUT2D eigenvalue weighted by Crippen LogP contribution is -2.44. The summed E-state index contributed by atoms with van der Waals surface area (Å²) in [5, 5.41) is 7.79. The van der Waals surface area contributed by atoms with E-state index in [4.69, 9.17) is 16.3 Å². The van der Waals surface area contributed by atoms with E-state index in [1.807, 2.05) is 11.4 Å². The molecule has 7 heteroatoms. The van der Waals surface area contributed by atoms with Crippen LogP contribution in [-0.2, 0) is 16.0 Å². The number of piperidine rings is 1. The molecule has 0 unspecified atom stereocenters. The van der Waals surface area contributed by atoms with Crippen LogP contribution in [0.15, 0.2) is 29.0 Å². The van der Waals surface area contributed by atoms with Crippen molar-refractivity contribution in [2.75, 3.05) is 19.6 Å². The summed E-state index contributed by atoms with van der Waals surface area (Å²) in [6.45, 7) is 3.34. The molecule has 2 aromatic rings. The van der Waals surface area contributed by atoms with Crippen LogP contribution in [0.4, 0.5) is 0 Å². The van der Waals surface area contributed by atoms with E-state index in [0.29, 0.717) is 37.5 Å². The van der Waals surface area contributed by atoms with E-state index >= 15 is 0 Å². The molecule has 5 nitrogen and oxygen atoms in total. The summed E-state index contributed by atoms with van der Waals surface area (Å²) < 4.78 is 6.00. The van der Waals surface area contributed by atoms with E-state index < -0.39 is 0 Å². The van der Waals surface area contributed by atoms with Gasteiger partial charge >= 0.3 is 0 Å². The fourth-order valence-electron chi connectivity index (χ4n) is 3.91. The van der Waals surface area contributed by atoms with Crippen molar-refractivity contribution in [3.63, 3.8) is 0 Å². The van der Waals surface area contributed by atoms with Gasteiger partial charge in [-0.2, -0.15) is 11.3 Å². The maximum atomic E-state index is 12.5. The van der Waals surface area contributed by atoms with Gasteiger partial charge < -0.3 is 15.0 Å². The second-order valence-corrected chi connectivity index (χ2v) is 8.62. The highest BCUT2D eigenvalue weighted by Crippen LogP contribution is 2.39. The van der Waals surface area contributed by atoms with Crippen molar-refractivity contribution in [3.05, 3.63) is 39.5 Å². The Kier molecular flexibility index (Phi) is 5.60. The lowest BCUT2D eigenvalue weighted by Gasteiger charge is -2.30. The van der Waals surface area contributed by atoms with Crippen molar-refractivity contribution in [3.8, 4) is 16.9 Å². The standard InChI is InChI=1S/C21H23ClN2O3S/c1-13(25)24-5-2-14(3-6-24)21(26)23-11-18-9-17-8-16(15-4-7-28-12-15)10-19(22)20(17)27-18/h4,7-8,10,12,14,18H,2-3,5-6,9,11H2,1H3,(H,23,26)/t18-/m0/s1. The molecule has 148 valence electrons. The molecule has 1 aromatic heterocycles. The quantitative estimate of drug-likeness (QED) is 0.822. The van der Waals surface area contributed by atoms with Gasteiger partial charge in [0.2, 0.25) is 11.8 Å². The van der Waals surface area contributed by atoms with E-state index in [1.165, 1.54) is 0 Å². The zero-order valence-corrected chi connectivity index (χ0v) is 17.3. The molecule has 2 aliphatic heterocycles. The third kappa shape index (κ3) is 4.03. The van der Waals surface area contributed by atoms with Crippen LogP contribution in [0.25, 0.3) is 11.1 Å². The SMILES string of the molecule is CC(=O)N1CCC(C(=O)NC[C@@H]2Cc3cc(-c4ccsc4)cc(Cl)c3O2)CC1. The van der Waals surface area contributed by atoms with Crippen molar-refractivity contribution >= 4 is 34.8 Å². The van der Waals surface area contributed by atoms with Crippen molar-refractivity contribution in [2.45, 2.75) is 32.3 Å². The first-order chi connectivity index (χ1) is 13.5. The Labute approximate surface area is 173 Å². The number of amides is 2. The molecule has 0 spiro atoms. The molecular formula is C21H23ClN2O3S. The average molecular weight is 419 g/mol. The topological polar surface area (TPSA) is 58.6 Å². The van der Waals surface area contributed by atoms with Crippen LogP contribution in [0.5, 0.6) is 5.75 Å². The number of nitrogens with zero attached hydrogens (tertiary/aromatic N) is 1. The Morgan fingerprint density at radius 3 is 2.75 bits per heavy atom. The molecule has 0 radical (unpaired) electrons. The van der Waals surface area contributed by atoms with Crippen LogP contribution in [0.1, 0.15) is 25.3 Å². The Morgan fingerprint density at radius 1 is 1.29 bits per heavy atom. The summed E-state index contributed by atoms with van der Waals surface area (Å²) >= 11 is 8.10. The molecular weight excluding hydrogens is 396 g/mol. The molecule has 0 saturated carbocycles. The minimum Gasteiger partial charge on any atom is -0.486 e. The molecule has 2 amide bonds. The van der Waals surface area contributed by atoms with E-state index in [2.05, 4.69) is 22.8 Å². The van der Waals surface area contributed by atoms with Crippen LogP contribution in [0.2, 0.25) is 5.02 Å². The number of carbonyl (C=O) groups excluding carboxylic acids is 2. The monoisotopic (exact) mass is 418 g/mol. The third-order valence-corrected chi connectivity index (χ3v) is 6.49. The van der Waals surface area contributed by atoms with Crippen molar-refractivity contribution < 1.29 is 14.3 Å². The van der Waals surface area contributed by atoms with Crippen LogP contribution in [-0.4, -0.2) is 42.5 Å². The minimum atomic E-state index is -0.105. The molecule has 1 aromatic carbocycles. The van der Waals surface area contributed by atoms with Crippen molar-refractivity contribution in [1.29, 1.82) is 0 Å². The highest BCUT2D eigenvalue weighted by molar-refractivity contribution is 7.08. The lowest BCUT2D eigenvalue weighted by molar-refractivity contribution is -0.134. The third-order valence-electron chi connectivity index (χ3n) is 5.52. The van der Waals surface area contributed by atoms with Gasteiger partial charge in [0.25, 0.3) is 0 Å². The number of hydrogen-bond acceptors (Lipinski definition) is 4. The fourth-order valence-corrected chi connectivity index (χ4v) is 4.86. The van der Waals surface area contributed by atoms with Gasteiger partial charge in [0.05, 0.1) is 11.6 Å². The van der Waals surface area contributed by atoms with Gasteiger partial charge in [-0.1, -0.05) is 11.6 Å². The Morgan fingerprint density at radius 2 is 2.07 bits per heavy atom. The fraction of sp³-hybridized carbons (Fsp3) is 0.429. The predicted molar refractivity (Wildman–Crippen MR) is 111 cm³/mol. The van der Waals surface area contributed by atoms with E-state index in [1.54, 1.807) is 23.2 Å².